The van der Waals surface area contributed by atoms with Crippen LogP contribution in [-0.4, -0.2) is 48.6 Å². The molecule has 1 fully saturated rings. The van der Waals surface area contributed by atoms with Crippen LogP contribution in [0.4, 0.5) is 16.2 Å². The molecule has 6 aromatic rings. The molecular weight excluding hydrogens is 817 g/mol. The third kappa shape index (κ3) is 7.46. The molecule has 2 heterocycles. The van der Waals surface area contributed by atoms with Crippen LogP contribution in [0.2, 0.25) is 0 Å². The summed E-state index contributed by atoms with van der Waals surface area (Å²) in [6.45, 7) is 1.25. The molecule has 9 rings (SSSR count). The van der Waals surface area contributed by atoms with Crippen LogP contribution in [0.5, 0.6) is 23.0 Å². The fourth-order valence-electron chi connectivity index (χ4n) is 8.76. The highest BCUT2D eigenvalue weighted by Crippen LogP contribution is 2.45. The van der Waals surface area contributed by atoms with E-state index < -0.39 is 41.5 Å². The van der Waals surface area contributed by atoms with Crippen LogP contribution in [0, 0.1) is 0 Å². The van der Waals surface area contributed by atoms with Crippen molar-refractivity contribution in [1.29, 1.82) is 0 Å². The zero-order valence-electron chi connectivity index (χ0n) is 34.6. The molecule has 0 unspecified atom stereocenters. The van der Waals surface area contributed by atoms with Crippen molar-refractivity contribution in [2.24, 2.45) is 0 Å². The van der Waals surface area contributed by atoms with E-state index in [1.165, 1.54) is 104 Å². The number of carbonyl (C=O) groups excluding carboxylic acids is 7. The van der Waals surface area contributed by atoms with Gasteiger partial charge in [-0.3, -0.25) is 28.8 Å². The number of ether oxygens (including phenoxy) is 4. The summed E-state index contributed by atoms with van der Waals surface area (Å²) >= 11 is 0. The van der Waals surface area contributed by atoms with Crippen molar-refractivity contribution < 1.29 is 52.5 Å². The Bertz CT molecular complexity index is 2900. The number of nitrogens with zero attached hydrogens (tertiary/aromatic N) is 2. The first-order chi connectivity index (χ1) is 30.9. The van der Waals surface area contributed by atoms with Crippen molar-refractivity contribution in [3.05, 3.63) is 178 Å². The van der Waals surface area contributed by atoms with Crippen LogP contribution in [0.15, 0.2) is 133 Å². The van der Waals surface area contributed by atoms with Gasteiger partial charge in [-0.25, -0.2) is 14.6 Å². The van der Waals surface area contributed by atoms with Gasteiger partial charge in [0.2, 0.25) is 0 Å². The number of imide groups is 2. The summed E-state index contributed by atoms with van der Waals surface area (Å²) in [6, 6.07) is 35.5. The summed E-state index contributed by atoms with van der Waals surface area (Å²) < 4.78 is 21.3. The van der Waals surface area contributed by atoms with Crippen molar-refractivity contribution in [2.75, 3.05) is 16.9 Å². The Morgan fingerprint density at radius 2 is 0.859 bits per heavy atom. The fraction of sp³-hybridized carbons (Fsp3) is 0.157. The number of rotatable bonds is 10. The maximum absolute atomic E-state index is 13.7. The maximum Gasteiger partial charge on any atom is 0.519 e. The number of hydrogen-bond donors (Lipinski definition) is 0. The number of methoxy groups -OCH3 is 1. The summed E-state index contributed by atoms with van der Waals surface area (Å²) in [6.07, 6.45) is 4.44. The summed E-state index contributed by atoms with van der Waals surface area (Å²) in [5.41, 5.74) is 3.02. The predicted molar refractivity (Wildman–Crippen MR) is 233 cm³/mol. The van der Waals surface area contributed by atoms with Gasteiger partial charge in [0.25, 0.3) is 23.6 Å². The lowest BCUT2D eigenvalue weighted by Crippen LogP contribution is -2.30. The molecule has 2 aliphatic heterocycles. The van der Waals surface area contributed by atoms with Gasteiger partial charge in [0.1, 0.15) is 23.0 Å². The van der Waals surface area contributed by atoms with Crippen molar-refractivity contribution >= 4 is 52.9 Å². The third-order valence-corrected chi connectivity index (χ3v) is 11.9. The topological polar surface area (TPSA) is 163 Å². The molecule has 4 amide bonds. The van der Waals surface area contributed by atoms with E-state index in [4.69, 9.17) is 18.9 Å². The van der Waals surface area contributed by atoms with Crippen LogP contribution >= 0.6 is 0 Å². The summed E-state index contributed by atoms with van der Waals surface area (Å²) in [5.74, 6) is -2.11. The average Bonchev–Trinajstić information content (AvgIpc) is 3.72. The monoisotopic (exact) mass is 854 g/mol. The molecule has 13 heteroatoms. The van der Waals surface area contributed by atoms with Crippen molar-refractivity contribution in [3.63, 3.8) is 0 Å². The van der Waals surface area contributed by atoms with Gasteiger partial charge in [0, 0.05) is 23.5 Å². The molecule has 13 nitrogen and oxygen atoms in total. The number of anilines is 2. The summed E-state index contributed by atoms with van der Waals surface area (Å²) in [7, 11) is 1.65. The second-order valence-electron chi connectivity index (χ2n) is 15.7. The number of amides is 4. The zero-order chi connectivity index (χ0) is 44.7. The number of esters is 1. The van der Waals surface area contributed by atoms with Crippen LogP contribution in [-0.2, 0) is 10.2 Å². The minimum atomic E-state index is -0.968. The summed E-state index contributed by atoms with van der Waals surface area (Å²) in [4.78, 5) is 93.6. The Morgan fingerprint density at radius 3 is 1.28 bits per heavy atom. The first-order valence-corrected chi connectivity index (χ1v) is 20.6. The molecule has 0 saturated heterocycles. The van der Waals surface area contributed by atoms with Gasteiger partial charge >= 0.3 is 12.1 Å². The number of hydrogen-bond acceptors (Lipinski definition) is 11. The van der Waals surface area contributed by atoms with Gasteiger partial charge in [-0.2, -0.15) is 0 Å². The second-order valence-corrected chi connectivity index (χ2v) is 15.7. The molecular formula is C51H38N2O11. The minimum absolute atomic E-state index is 0.0000291. The van der Waals surface area contributed by atoms with Crippen LogP contribution in [0.25, 0.3) is 0 Å². The fourth-order valence-corrected chi connectivity index (χ4v) is 8.76. The lowest BCUT2D eigenvalue weighted by Gasteiger charge is -2.38. The maximum atomic E-state index is 13.7. The molecule has 1 saturated carbocycles. The van der Waals surface area contributed by atoms with Gasteiger partial charge in [-0.15, -0.1) is 0 Å². The molecule has 0 spiro atoms. The van der Waals surface area contributed by atoms with E-state index in [0.717, 1.165) is 46.8 Å². The Morgan fingerprint density at radius 1 is 0.469 bits per heavy atom. The smallest absolute Gasteiger partial charge is 0.497 e. The zero-order valence-corrected chi connectivity index (χ0v) is 34.6. The third-order valence-electron chi connectivity index (χ3n) is 11.9. The van der Waals surface area contributed by atoms with E-state index in [0.29, 0.717) is 5.75 Å². The molecule has 6 aromatic carbocycles. The molecule has 1 aliphatic carbocycles. The van der Waals surface area contributed by atoms with E-state index in [9.17, 15) is 33.6 Å². The number of benzene rings is 6. The lowest BCUT2D eigenvalue weighted by molar-refractivity contribution is -0.131. The quantitative estimate of drug-likeness (QED) is 0.0424. The van der Waals surface area contributed by atoms with Crippen LogP contribution in [0.3, 0.4) is 0 Å². The highest BCUT2D eigenvalue weighted by atomic mass is 16.7. The average molecular weight is 855 g/mol. The van der Waals surface area contributed by atoms with Crippen molar-refractivity contribution in [2.45, 2.75) is 44.4 Å². The van der Waals surface area contributed by atoms with E-state index in [2.05, 4.69) is 12.1 Å². The van der Waals surface area contributed by atoms with Crippen LogP contribution < -0.4 is 28.7 Å². The van der Waals surface area contributed by atoms with E-state index in [1.54, 1.807) is 19.2 Å². The first-order valence-electron chi connectivity index (χ1n) is 20.6. The molecule has 0 atom stereocenters. The standard InChI is InChI=1S/C51H38N2O11/c1-30(54)62-38-20-12-35(13-21-38)52-46(56)41-24-6-31(28-43(41)48(52)58)45(55)32-7-25-42-44(29-32)49(59)53(47(42)57)36-14-22-40(23-15-36)64-50(60)63-39-18-10-34(11-19-39)51(26-4-3-5-27-51)33-8-16-37(61-2)17-9-33/h6-25,28-29H,3-5,26-27H2,1-2H3. The summed E-state index contributed by atoms with van der Waals surface area (Å²) in [5, 5.41) is 0. The van der Waals surface area contributed by atoms with E-state index in [1.807, 2.05) is 24.3 Å². The van der Waals surface area contributed by atoms with Gasteiger partial charge in [-0.1, -0.05) is 55.7 Å². The number of carbonyl (C=O) groups is 7. The normalized spacial score (nSPS) is 15.1. The van der Waals surface area contributed by atoms with Crippen LogP contribution in [0.1, 0.15) is 108 Å². The predicted octanol–water partition coefficient (Wildman–Crippen LogP) is 9.28. The molecule has 0 radical (unpaired) electrons. The molecule has 0 aromatic heterocycles. The second kappa shape index (κ2) is 16.6. The van der Waals surface area contributed by atoms with E-state index >= 15 is 0 Å². The Balaban J connectivity index is 0.847. The van der Waals surface area contributed by atoms with E-state index in [-0.39, 0.29) is 61.7 Å². The largest absolute Gasteiger partial charge is 0.519 e. The molecule has 3 aliphatic rings. The molecule has 0 N–H and O–H groups in total. The van der Waals surface area contributed by atoms with Gasteiger partial charge < -0.3 is 18.9 Å². The van der Waals surface area contributed by atoms with Gasteiger partial charge in [0.15, 0.2) is 5.78 Å². The Kier molecular flexibility index (Phi) is 10.7. The van der Waals surface area contributed by atoms with Gasteiger partial charge in [0.05, 0.1) is 40.7 Å². The minimum Gasteiger partial charge on any atom is -0.497 e. The highest BCUT2D eigenvalue weighted by molar-refractivity contribution is 6.36. The lowest BCUT2D eigenvalue weighted by atomic mass is 9.65. The number of ketones is 1. The highest BCUT2D eigenvalue weighted by Gasteiger charge is 2.40. The Hall–Kier alpha value is -8.19. The first kappa shape index (κ1) is 41.2. The molecule has 0 bridgehead atoms. The van der Waals surface area contributed by atoms with Gasteiger partial charge in [-0.05, 0) is 121 Å². The van der Waals surface area contributed by atoms with Crippen molar-refractivity contribution in [3.8, 4) is 23.0 Å². The molecule has 318 valence electrons. The molecule has 64 heavy (non-hydrogen) atoms. The number of fused-ring (bicyclic) bond motifs is 2. The van der Waals surface area contributed by atoms with Crippen molar-refractivity contribution in [1.82, 2.24) is 0 Å². The SMILES string of the molecule is COc1ccc(C2(c3ccc(OC(=O)Oc4ccc(N5C(=O)c6ccc(C(=O)c7ccc8c(c7)C(=O)N(c7ccc(OC(C)=O)cc7)C8=O)cc6C5=O)cc4)cc3)CCCCC2)cc1. The Labute approximate surface area is 366 Å².